The molecule has 72 valence electrons. The van der Waals surface area contributed by atoms with Crippen LogP contribution in [0.15, 0.2) is 12.4 Å². The van der Waals surface area contributed by atoms with Crippen LogP contribution in [0.2, 0.25) is 0 Å². The number of rotatable bonds is 3. The first-order valence-electron chi connectivity index (χ1n) is 3.97. The summed E-state index contributed by atoms with van der Waals surface area (Å²) in [4.78, 5) is 11.4. The average molecular weight is 183 g/mol. The molecule has 0 spiro atoms. The van der Waals surface area contributed by atoms with Crippen LogP contribution in [0, 0.1) is 0 Å². The standard InChI is InChI=1S/C8H13N3O2/c1-8(2,5-12)11-7(13)6-3-9-10-4-6/h3-4,12H,5H2,1-2H3,(H,9,10)(H,11,13). The summed E-state index contributed by atoms with van der Waals surface area (Å²) < 4.78 is 0. The number of nitrogens with one attached hydrogen (secondary N) is 2. The molecule has 1 aromatic heterocycles. The van der Waals surface area contributed by atoms with Gasteiger partial charge in [0.1, 0.15) is 0 Å². The van der Waals surface area contributed by atoms with Gasteiger partial charge in [-0.25, -0.2) is 0 Å². The third-order valence-corrected chi connectivity index (χ3v) is 1.61. The molecule has 0 unspecified atom stereocenters. The highest BCUT2D eigenvalue weighted by molar-refractivity contribution is 5.94. The van der Waals surface area contributed by atoms with E-state index in [1.54, 1.807) is 13.8 Å². The summed E-state index contributed by atoms with van der Waals surface area (Å²) in [5.74, 6) is -0.243. The van der Waals surface area contributed by atoms with Gasteiger partial charge in [-0.15, -0.1) is 0 Å². The molecule has 5 heteroatoms. The molecule has 0 bridgehead atoms. The Kier molecular flexibility index (Phi) is 2.67. The van der Waals surface area contributed by atoms with Gasteiger partial charge >= 0.3 is 0 Å². The Balaban J connectivity index is 2.61. The van der Waals surface area contributed by atoms with Gasteiger partial charge < -0.3 is 10.4 Å². The molecule has 13 heavy (non-hydrogen) atoms. The number of hydrogen-bond acceptors (Lipinski definition) is 3. The molecule has 1 rings (SSSR count). The fourth-order valence-corrected chi connectivity index (χ4v) is 0.794. The van der Waals surface area contributed by atoms with Crippen molar-refractivity contribution in [3.63, 3.8) is 0 Å². The van der Waals surface area contributed by atoms with Crippen molar-refractivity contribution in [2.75, 3.05) is 6.61 Å². The Bertz CT molecular complexity index is 280. The zero-order valence-electron chi connectivity index (χ0n) is 7.66. The van der Waals surface area contributed by atoms with Crippen molar-refractivity contribution in [3.05, 3.63) is 18.0 Å². The van der Waals surface area contributed by atoms with E-state index in [-0.39, 0.29) is 12.5 Å². The second-order valence-corrected chi connectivity index (χ2v) is 3.48. The molecule has 0 aliphatic heterocycles. The van der Waals surface area contributed by atoms with Crippen molar-refractivity contribution in [1.82, 2.24) is 15.5 Å². The summed E-state index contributed by atoms with van der Waals surface area (Å²) in [6.45, 7) is 3.38. The summed E-state index contributed by atoms with van der Waals surface area (Å²) in [7, 11) is 0. The molecule has 0 aliphatic carbocycles. The van der Waals surface area contributed by atoms with E-state index in [9.17, 15) is 4.79 Å². The topological polar surface area (TPSA) is 78.0 Å². The molecular weight excluding hydrogens is 170 g/mol. The van der Waals surface area contributed by atoms with Gasteiger partial charge in [0.05, 0.1) is 23.9 Å². The number of aliphatic hydroxyl groups is 1. The van der Waals surface area contributed by atoms with E-state index in [0.29, 0.717) is 5.56 Å². The van der Waals surface area contributed by atoms with E-state index < -0.39 is 5.54 Å². The molecule has 0 radical (unpaired) electrons. The molecule has 0 saturated heterocycles. The van der Waals surface area contributed by atoms with Crippen molar-refractivity contribution in [2.45, 2.75) is 19.4 Å². The summed E-state index contributed by atoms with van der Waals surface area (Å²) in [6.07, 6.45) is 2.94. The molecule has 0 aliphatic rings. The van der Waals surface area contributed by atoms with Crippen LogP contribution in [-0.2, 0) is 0 Å². The molecule has 0 fully saturated rings. The number of aliphatic hydroxyl groups excluding tert-OH is 1. The fraction of sp³-hybridized carbons (Fsp3) is 0.500. The largest absolute Gasteiger partial charge is 0.394 e. The minimum atomic E-state index is -0.603. The van der Waals surface area contributed by atoms with Crippen LogP contribution < -0.4 is 5.32 Å². The lowest BCUT2D eigenvalue weighted by Gasteiger charge is -2.22. The summed E-state index contributed by atoms with van der Waals surface area (Å²) in [5.41, 5.74) is -0.143. The Hall–Kier alpha value is -1.36. The molecule has 1 heterocycles. The monoisotopic (exact) mass is 183 g/mol. The van der Waals surface area contributed by atoms with E-state index in [1.807, 2.05) is 0 Å². The predicted octanol–water partition coefficient (Wildman–Crippen LogP) is -0.0896. The van der Waals surface area contributed by atoms with E-state index in [2.05, 4.69) is 15.5 Å². The highest BCUT2D eigenvalue weighted by atomic mass is 16.3. The SMILES string of the molecule is CC(C)(CO)NC(=O)c1cn[nH]c1. The number of carbonyl (C=O) groups excluding carboxylic acids is 1. The van der Waals surface area contributed by atoms with Gasteiger partial charge in [0, 0.05) is 6.20 Å². The second-order valence-electron chi connectivity index (χ2n) is 3.48. The third-order valence-electron chi connectivity index (χ3n) is 1.61. The zero-order valence-corrected chi connectivity index (χ0v) is 7.66. The first-order valence-corrected chi connectivity index (χ1v) is 3.97. The Labute approximate surface area is 76.2 Å². The first kappa shape index (κ1) is 9.73. The fourth-order valence-electron chi connectivity index (χ4n) is 0.794. The molecular formula is C8H13N3O2. The smallest absolute Gasteiger partial charge is 0.254 e. The minimum Gasteiger partial charge on any atom is -0.394 e. The van der Waals surface area contributed by atoms with E-state index >= 15 is 0 Å². The maximum absolute atomic E-state index is 11.4. The molecule has 0 atom stereocenters. The van der Waals surface area contributed by atoms with Crippen LogP contribution in [0.5, 0.6) is 0 Å². The van der Waals surface area contributed by atoms with Gasteiger partial charge in [0.2, 0.25) is 0 Å². The lowest BCUT2D eigenvalue weighted by Crippen LogP contribution is -2.46. The van der Waals surface area contributed by atoms with Gasteiger partial charge in [-0.1, -0.05) is 0 Å². The van der Waals surface area contributed by atoms with Gasteiger partial charge in [-0.05, 0) is 13.8 Å². The molecule has 5 nitrogen and oxygen atoms in total. The maximum atomic E-state index is 11.4. The number of hydrogen-bond donors (Lipinski definition) is 3. The second kappa shape index (κ2) is 3.57. The summed E-state index contributed by atoms with van der Waals surface area (Å²) >= 11 is 0. The van der Waals surface area contributed by atoms with Gasteiger partial charge in [-0.2, -0.15) is 5.10 Å². The molecule has 3 N–H and O–H groups in total. The van der Waals surface area contributed by atoms with Gasteiger partial charge in [-0.3, -0.25) is 9.89 Å². The van der Waals surface area contributed by atoms with Crippen LogP contribution in [0.1, 0.15) is 24.2 Å². The number of H-pyrrole nitrogens is 1. The van der Waals surface area contributed by atoms with Crippen molar-refractivity contribution in [2.24, 2.45) is 0 Å². The van der Waals surface area contributed by atoms with Crippen LogP contribution >= 0.6 is 0 Å². The van der Waals surface area contributed by atoms with Gasteiger partial charge in [0.25, 0.3) is 5.91 Å². The maximum Gasteiger partial charge on any atom is 0.254 e. The normalized spacial score (nSPS) is 11.3. The molecule has 1 aromatic rings. The Morgan fingerprint density at radius 3 is 2.92 bits per heavy atom. The van der Waals surface area contributed by atoms with E-state index in [0.717, 1.165) is 0 Å². The third kappa shape index (κ3) is 2.55. The van der Waals surface area contributed by atoms with Crippen LogP contribution in [0.4, 0.5) is 0 Å². The highest BCUT2D eigenvalue weighted by Crippen LogP contribution is 2.02. The van der Waals surface area contributed by atoms with E-state index in [4.69, 9.17) is 5.11 Å². The predicted molar refractivity (Wildman–Crippen MR) is 47.2 cm³/mol. The minimum absolute atomic E-state index is 0.101. The summed E-state index contributed by atoms with van der Waals surface area (Å²) in [6, 6.07) is 0. The Morgan fingerprint density at radius 2 is 2.46 bits per heavy atom. The number of carbonyl (C=O) groups is 1. The zero-order chi connectivity index (χ0) is 9.90. The van der Waals surface area contributed by atoms with Crippen LogP contribution in [0.25, 0.3) is 0 Å². The Morgan fingerprint density at radius 1 is 1.77 bits per heavy atom. The average Bonchev–Trinajstić information content (AvgIpc) is 2.55. The van der Waals surface area contributed by atoms with Crippen LogP contribution in [0.3, 0.4) is 0 Å². The van der Waals surface area contributed by atoms with Crippen LogP contribution in [-0.4, -0.2) is 33.4 Å². The number of nitrogens with zero attached hydrogens (tertiary/aromatic N) is 1. The van der Waals surface area contributed by atoms with E-state index in [1.165, 1.54) is 12.4 Å². The van der Waals surface area contributed by atoms with Gasteiger partial charge in [0.15, 0.2) is 0 Å². The number of aromatic amines is 1. The number of amides is 1. The lowest BCUT2D eigenvalue weighted by molar-refractivity contribution is 0.0869. The number of aromatic nitrogens is 2. The van der Waals surface area contributed by atoms with Crippen molar-refractivity contribution < 1.29 is 9.90 Å². The summed E-state index contributed by atoms with van der Waals surface area (Å²) in [5, 5.41) is 17.8. The lowest BCUT2D eigenvalue weighted by atomic mass is 10.1. The highest BCUT2D eigenvalue weighted by Gasteiger charge is 2.20. The first-order chi connectivity index (χ1) is 6.05. The molecule has 1 amide bonds. The quantitative estimate of drug-likeness (QED) is 0.612. The van der Waals surface area contributed by atoms with Crippen molar-refractivity contribution in [3.8, 4) is 0 Å². The molecule has 0 aromatic carbocycles. The van der Waals surface area contributed by atoms with Crippen molar-refractivity contribution >= 4 is 5.91 Å². The molecule has 0 saturated carbocycles. The van der Waals surface area contributed by atoms with Crippen molar-refractivity contribution in [1.29, 1.82) is 0 Å².